The summed E-state index contributed by atoms with van der Waals surface area (Å²) >= 11 is 0. The van der Waals surface area contributed by atoms with Crippen molar-refractivity contribution >= 4 is 0 Å². The van der Waals surface area contributed by atoms with Gasteiger partial charge < -0.3 is 5.11 Å². The van der Waals surface area contributed by atoms with Gasteiger partial charge in [-0.2, -0.15) is 5.26 Å². The molecule has 96 valence electrons. The molecule has 0 saturated heterocycles. The maximum Gasteiger partial charge on any atom is 0.121 e. The van der Waals surface area contributed by atoms with Crippen molar-refractivity contribution in [2.45, 2.75) is 44.7 Å². The van der Waals surface area contributed by atoms with Gasteiger partial charge in [0.05, 0.1) is 6.07 Å². The molecule has 0 amide bonds. The molecule has 0 heterocycles. The highest BCUT2D eigenvalue weighted by atomic mass is 16.3. The highest BCUT2D eigenvalue weighted by Crippen LogP contribution is 2.26. The van der Waals surface area contributed by atoms with Gasteiger partial charge in [0.2, 0.25) is 0 Å². The summed E-state index contributed by atoms with van der Waals surface area (Å²) < 4.78 is 0. The minimum atomic E-state index is -0.281. The van der Waals surface area contributed by atoms with Crippen LogP contribution < -0.4 is 5.32 Å². The van der Waals surface area contributed by atoms with E-state index >= 15 is 0 Å². The molecule has 1 saturated carbocycles. The van der Waals surface area contributed by atoms with Gasteiger partial charge >= 0.3 is 0 Å². The van der Waals surface area contributed by atoms with Gasteiger partial charge in [0.1, 0.15) is 11.8 Å². The van der Waals surface area contributed by atoms with Crippen LogP contribution in [-0.2, 0) is 0 Å². The molecule has 0 radical (unpaired) electrons. The van der Waals surface area contributed by atoms with Gasteiger partial charge in [-0.15, -0.1) is 0 Å². The molecule has 0 spiro atoms. The summed E-state index contributed by atoms with van der Waals surface area (Å²) in [6, 6.07) is 9.34. The Morgan fingerprint density at radius 2 is 1.94 bits per heavy atom. The van der Waals surface area contributed by atoms with Crippen LogP contribution in [0.15, 0.2) is 24.3 Å². The predicted octanol–water partition coefficient (Wildman–Crippen LogP) is 3.13. The fourth-order valence-electron chi connectivity index (χ4n) is 2.65. The van der Waals surface area contributed by atoms with Crippen molar-refractivity contribution in [1.29, 1.82) is 5.26 Å². The van der Waals surface area contributed by atoms with Crippen LogP contribution in [0.1, 0.15) is 44.2 Å². The summed E-state index contributed by atoms with van der Waals surface area (Å²) in [5, 5.41) is 22.0. The van der Waals surface area contributed by atoms with Crippen LogP contribution in [0.5, 0.6) is 5.75 Å². The van der Waals surface area contributed by atoms with Gasteiger partial charge in [-0.1, -0.05) is 31.9 Å². The minimum Gasteiger partial charge on any atom is -0.508 e. The SMILES string of the molecule is CC1CCCCC1NC(C#N)c1ccc(O)cc1. The Balaban J connectivity index is 2.05. The molecule has 1 aromatic carbocycles. The summed E-state index contributed by atoms with van der Waals surface area (Å²) in [6.07, 6.45) is 4.94. The lowest BCUT2D eigenvalue weighted by Crippen LogP contribution is -2.39. The lowest BCUT2D eigenvalue weighted by molar-refractivity contribution is 0.271. The van der Waals surface area contributed by atoms with Gasteiger partial charge in [-0.25, -0.2) is 0 Å². The summed E-state index contributed by atoms with van der Waals surface area (Å²) in [7, 11) is 0. The Hall–Kier alpha value is -1.53. The van der Waals surface area contributed by atoms with E-state index in [1.165, 1.54) is 19.3 Å². The van der Waals surface area contributed by atoms with Gasteiger partial charge in [0.15, 0.2) is 0 Å². The van der Waals surface area contributed by atoms with Crippen molar-refractivity contribution in [2.75, 3.05) is 0 Å². The normalized spacial score (nSPS) is 25.3. The summed E-state index contributed by atoms with van der Waals surface area (Å²) in [4.78, 5) is 0. The highest BCUT2D eigenvalue weighted by molar-refractivity contribution is 5.30. The van der Waals surface area contributed by atoms with Crippen molar-refractivity contribution in [3.8, 4) is 11.8 Å². The van der Waals surface area contributed by atoms with Gasteiger partial charge in [-0.3, -0.25) is 5.32 Å². The third-order valence-electron chi connectivity index (χ3n) is 3.85. The van der Waals surface area contributed by atoms with Crippen molar-refractivity contribution in [3.05, 3.63) is 29.8 Å². The van der Waals surface area contributed by atoms with E-state index in [0.29, 0.717) is 12.0 Å². The second-order valence-electron chi connectivity index (χ2n) is 5.19. The Bertz CT molecular complexity index is 421. The molecule has 1 aliphatic rings. The zero-order valence-corrected chi connectivity index (χ0v) is 10.8. The topological polar surface area (TPSA) is 56.0 Å². The first-order valence-electron chi connectivity index (χ1n) is 6.65. The highest BCUT2D eigenvalue weighted by Gasteiger charge is 2.24. The van der Waals surface area contributed by atoms with E-state index in [-0.39, 0.29) is 11.8 Å². The molecule has 1 aromatic rings. The summed E-state index contributed by atoms with van der Waals surface area (Å²) in [6.45, 7) is 2.25. The molecule has 0 aromatic heterocycles. The second kappa shape index (κ2) is 5.88. The first-order valence-corrected chi connectivity index (χ1v) is 6.65. The molecule has 0 bridgehead atoms. The van der Waals surface area contributed by atoms with Gasteiger partial charge in [-0.05, 0) is 36.5 Å². The van der Waals surface area contributed by atoms with Crippen molar-refractivity contribution in [3.63, 3.8) is 0 Å². The number of aromatic hydroxyl groups is 1. The number of hydrogen-bond acceptors (Lipinski definition) is 3. The molecule has 3 nitrogen and oxygen atoms in total. The Kier molecular flexibility index (Phi) is 4.22. The predicted molar refractivity (Wildman–Crippen MR) is 71.0 cm³/mol. The third kappa shape index (κ3) is 3.02. The Labute approximate surface area is 108 Å². The van der Waals surface area contributed by atoms with E-state index in [1.807, 2.05) is 12.1 Å². The molecule has 18 heavy (non-hydrogen) atoms. The fourth-order valence-corrected chi connectivity index (χ4v) is 2.65. The van der Waals surface area contributed by atoms with E-state index in [0.717, 1.165) is 12.0 Å². The standard InChI is InChI=1S/C15H20N2O/c1-11-4-2-3-5-14(11)17-15(10-16)12-6-8-13(18)9-7-12/h6-9,11,14-15,17-18H,2-5H2,1H3. The monoisotopic (exact) mass is 244 g/mol. The van der Waals surface area contributed by atoms with Gasteiger partial charge in [0, 0.05) is 6.04 Å². The van der Waals surface area contributed by atoms with Crippen LogP contribution in [0.4, 0.5) is 0 Å². The van der Waals surface area contributed by atoms with E-state index in [9.17, 15) is 10.4 Å². The number of nitriles is 1. The maximum atomic E-state index is 9.29. The lowest BCUT2D eigenvalue weighted by atomic mass is 9.85. The largest absolute Gasteiger partial charge is 0.508 e. The molecule has 0 aliphatic heterocycles. The molecule has 2 rings (SSSR count). The fraction of sp³-hybridized carbons (Fsp3) is 0.533. The first kappa shape index (κ1) is 12.9. The number of hydrogen-bond donors (Lipinski definition) is 2. The molecule has 1 fully saturated rings. The van der Waals surface area contributed by atoms with Crippen LogP contribution in [0.25, 0.3) is 0 Å². The molecule has 2 N–H and O–H groups in total. The molecule has 3 atom stereocenters. The minimum absolute atomic E-state index is 0.237. The van der Waals surface area contributed by atoms with Crippen LogP contribution in [0.3, 0.4) is 0 Å². The number of rotatable bonds is 3. The van der Waals surface area contributed by atoms with Crippen molar-refractivity contribution in [2.24, 2.45) is 5.92 Å². The van der Waals surface area contributed by atoms with E-state index in [4.69, 9.17) is 0 Å². The zero-order chi connectivity index (χ0) is 13.0. The first-order chi connectivity index (χ1) is 8.70. The average molecular weight is 244 g/mol. The van der Waals surface area contributed by atoms with E-state index < -0.39 is 0 Å². The zero-order valence-electron chi connectivity index (χ0n) is 10.8. The van der Waals surface area contributed by atoms with Crippen molar-refractivity contribution in [1.82, 2.24) is 5.32 Å². The van der Waals surface area contributed by atoms with Crippen LogP contribution in [-0.4, -0.2) is 11.1 Å². The maximum absolute atomic E-state index is 9.29. The van der Waals surface area contributed by atoms with Crippen LogP contribution in [0, 0.1) is 17.2 Å². The number of nitrogens with one attached hydrogen (secondary N) is 1. The Morgan fingerprint density at radius 1 is 1.28 bits per heavy atom. The summed E-state index contributed by atoms with van der Waals surface area (Å²) in [5.74, 6) is 0.869. The number of nitrogens with zero attached hydrogens (tertiary/aromatic N) is 1. The van der Waals surface area contributed by atoms with Crippen LogP contribution >= 0.6 is 0 Å². The van der Waals surface area contributed by atoms with Gasteiger partial charge in [0.25, 0.3) is 0 Å². The molecule has 3 unspecified atom stereocenters. The molecule has 3 heteroatoms. The smallest absolute Gasteiger partial charge is 0.121 e. The quantitative estimate of drug-likeness (QED) is 0.859. The van der Waals surface area contributed by atoms with Crippen molar-refractivity contribution < 1.29 is 5.11 Å². The number of phenolic OH excluding ortho intramolecular Hbond substituents is 1. The summed E-state index contributed by atoms with van der Waals surface area (Å²) in [5.41, 5.74) is 0.924. The molecule has 1 aliphatic carbocycles. The average Bonchev–Trinajstić information content (AvgIpc) is 2.39. The van der Waals surface area contributed by atoms with Crippen LogP contribution in [0.2, 0.25) is 0 Å². The Morgan fingerprint density at radius 3 is 2.56 bits per heavy atom. The third-order valence-corrected chi connectivity index (χ3v) is 3.85. The molecular weight excluding hydrogens is 224 g/mol. The second-order valence-corrected chi connectivity index (χ2v) is 5.19. The lowest BCUT2D eigenvalue weighted by Gasteiger charge is -2.31. The molecular formula is C15H20N2O. The van der Waals surface area contributed by atoms with E-state index in [1.54, 1.807) is 12.1 Å². The van der Waals surface area contributed by atoms with E-state index in [2.05, 4.69) is 18.3 Å². The number of phenols is 1. The number of benzene rings is 1.